The summed E-state index contributed by atoms with van der Waals surface area (Å²) in [6.45, 7) is 3.81. The highest BCUT2D eigenvalue weighted by molar-refractivity contribution is 6.33. The Kier molecular flexibility index (Phi) is 5.11. The zero-order valence-electron chi connectivity index (χ0n) is 11.0. The highest BCUT2D eigenvalue weighted by Gasteiger charge is 2.14. The molecule has 0 radical (unpaired) electrons. The van der Waals surface area contributed by atoms with Crippen molar-refractivity contribution in [1.29, 1.82) is 0 Å². The third-order valence-corrected chi connectivity index (χ3v) is 2.59. The number of carbonyl (C=O) groups is 2. The number of hydrogen-bond donors (Lipinski definition) is 2. The summed E-state index contributed by atoms with van der Waals surface area (Å²) >= 11 is 5.73. The lowest BCUT2D eigenvalue weighted by Gasteiger charge is -2.19. The summed E-state index contributed by atoms with van der Waals surface area (Å²) in [5, 5.41) is 11.8. The Labute approximate surface area is 116 Å². The maximum atomic E-state index is 11.6. The van der Waals surface area contributed by atoms with Gasteiger partial charge in [-0.15, -0.1) is 0 Å². The highest BCUT2D eigenvalue weighted by atomic mass is 35.5. The number of hydrogen-bond acceptors (Lipinski definition) is 4. The van der Waals surface area contributed by atoms with Gasteiger partial charge in [0.15, 0.2) is 0 Å². The van der Waals surface area contributed by atoms with Gasteiger partial charge in [-0.25, -0.2) is 9.78 Å². The summed E-state index contributed by atoms with van der Waals surface area (Å²) in [6.07, 6.45) is 1.26. The monoisotopic (exact) mass is 285 g/mol. The normalized spacial score (nSPS) is 10.4. The topological polar surface area (TPSA) is 82.5 Å². The molecule has 0 unspecified atom stereocenters. The van der Waals surface area contributed by atoms with Gasteiger partial charge in [0.05, 0.1) is 17.1 Å². The second-order valence-corrected chi connectivity index (χ2v) is 4.81. The number of halogens is 1. The molecule has 0 atom stereocenters. The Bertz CT molecular complexity index is 491. The first-order valence-electron chi connectivity index (χ1n) is 5.70. The van der Waals surface area contributed by atoms with Crippen molar-refractivity contribution < 1.29 is 14.7 Å². The summed E-state index contributed by atoms with van der Waals surface area (Å²) in [5.74, 6) is -0.916. The number of anilines is 1. The minimum absolute atomic E-state index is 0.0391. The third kappa shape index (κ3) is 4.40. The van der Waals surface area contributed by atoms with Crippen molar-refractivity contribution in [2.45, 2.75) is 19.9 Å². The van der Waals surface area contributed by atoms with E-state index in [-0.39, 0.29) is 29.1 Å². The summed E-state index contributed by atoms with van der Waals surface area (Å²) in [5.41, 5.74) is -0.0391. The van der Waals surface area contributed by atoms with E-state index in [2.05, 4.69) is 10.3 Å². The number of carbonyl (C=O) groups excluding carboxylic acids is 1. The minimum Gasteiger partial charge on any atom is -0.478 e. The molecule has 0 fully saturated rings. The average molecular weight is 286 g/mol. The molecule has 0 aliphatic carbocycles. The molecular formula is C12H16ClN3O3. The number of rotatable bonds is 5. The van der Waals surface area contributed by atoms with E-state index >= 15 is 0 Å². The van der Waals surface area contributed by atoms with Crippen LogP contribution in [0.5, 0.6) is 0 Å². The largest absolute Gasteiger partial charge is 0.478 e. The van der Waals surface area contributed by atoms with Gasteiger partial charge in [-0.05, 0) is 19.9 Å². The molecule has 0 spiro atoms. The van der Waals surface area contributed by atoms with Crippen molar-refractivity contribution in [3.05, 3.63) is 22.8 Å². The second kappa shape index (κ2) is 6.38. The van der Waals surface area contributed by atoms with E-state index in [1.54, 1.807) is 11.9 Å². The van der Waals surface area contributed by atoms with E-state index in [0.29, 0.717) is 5.82 Å². The van der Waals surface area contributed by atoms with Crippen LogP contribution in [0.1, 0.15) is 24.2 Å². The van der Waals surface area contributed by atoms with Crippen LogP contribution in [0.4, 0.5) is 5.82 Å². The van der Waals surface area contributed by atoms with Gasteiger partial charge in [0.1, 0.15) is 5.82 Å². The standard InChI is InChI=1S/C12H16ClN3O3/c1-7(2)15-11(17)6-16(3)10-4-8(12(18)19)9(13)5-14-10/h4-5,7H,6H2,1-3H3,(H,15,17)(H,18,19). The minimum atomic E-state index is -1.13. The number of pyridine rings is 1. The average Bonchev–Trinajstić information content (AvgIpc) is 2.27. The van der Waals surface area contributed by atoms with E-state index < -0.39 is 5.97 Å². The fourth-order valence-corrected chi connectivity index (χ4v) is 1.65. The molecule has 0 saturated carbocycles. The van der Waals surface area contributed by atoms with Crippen LogP contribution in [0, 0.1) is 0 Å². The SMILES string of the molecule is CC(C)NC(=O)CN(C)c1cc(C(=O)O)c(Cl)cn1. The number of nitrogens with one attached hydrogen (secondary N) is 1. The van der Waals surface area contributed by atoms with Crippen LogP contribution in [0.3, 0.4) is 0 Å². The van der Waals surface area contributed by atoms with Crippen LogP contribution in [0.25, 0.3) is 0 Å². The maximum absolute atomic E-state index is 11.6. The quantitative estimate of drug-likeness (QED) is 0.854. The molecular weight excluding hydrogens is 270 g/mol. The highest BCUT2D eigenvalue weighted by Crippen LogP contribution is 2.19. The number of aromatic carboxylic acids is 1. The molecule has 1 aromatic heterocycles. The van der Waals surface area contributed by atoms with Crippen LogP contribution < -0.4 is 10.2 Å². The van der Waals surface area contributed by atoms with Crippen molar-refractivity contribution in [1.82, 2.24) is 10.3 Å². The first kappa shape index (κ1) is 15.2. The van der Waals surface area contributed by atoms with E-state index in [4.69, 9.17) is 16.7 Å². The van der Waals surface area contributed by atoms with Crippen molar-refractivity contribution in [2.75, 3.05) is 18.5 Å². The van der Waals surface area contributed by atoms with Crippen LogP contribution >= 0.6 is 11.6 Å². The molecule has 1 aromatic rings. The van der Waals surface area contributed by atoms with Crippen LogP contribution in [0.15, 0.2) is 12.3 Å². The number of carboxylic acid groups (broad SMARTS) is 1. The molecule has 0 saturated heterocycles. The molecule has 1 heterocycles. The van der Waals surface area contributed by atoms with Gasteiger partial charge in [-0.2, -0.15) is 0 Å². The van der Waals surface area contributed by atoms with Gasteiger partial charge in [-0.3, -0.25) is 4.79 Å². The second-order valence-electron chi connectivity index (χ2n) is 4.41. The number of carboxylic acids is 1. The van der Waals surface area contributed by atoms with Crippen LogP contribution in [0.2, 0.25) is 5.02 Å². The smallest absolute Gasteiger partial charge is 0.337 e. The number of aromatic nitrogens is 1. The van der Waals surface area contributed by atoms with Gasteiger partial charge in [0.2, 0.25) is 5.91 Å². The third-order valence-electron chi connectivity index (χ3n) is 2.29. The van der Waals surface area contributed by atoms with Crippen molar-refractivity contribution in [3.8, 4) is 0 Å². The van der Waals surface area contributed by atoms with Crippen molar-refractivity contribution >= 4 is 29.3 Å². The van der Waals surface area contributed by atoms with Gasteiger partial charge in [0, 0.05) is 19.3 Å². The zero-order valence-corrected chi connectivity index (χ0v) is 11.7. The van der Waals surface area contributed by atoms with Gasteiger partial charge < -0.3 is 15.3 Å². The van der Waals surface area contributed by atoms with E-state index in [1.165, 1.54) is 12.3 Å². The number of amides is 1. The van der Waals surface area contributed by atoms with E-state index in [9.17, 15) is 9.59 Å². The molecule has 2 N–H and O–H groups in total. The molecule has 0 aliphatic rings. The lowest BCUT2D eigenvalue weighted by Crippen LogP contribution is -2.38. The van der Waals surface area contributed by atoms with Crippen LogP contribution in [-0.2, 0) is 4.79 Å². The van der Waals surface area contributed by atoms with Crippen molar-refractivity contribution in [3.63, 3.8) is 0 Å². The summed E-state index contributed by atoms with van der Waals surface area (Å²) in [7, 11) is 1.65. The zero-order chi connectivity index (χ0) is 14.6. The summed E-state index contributed by atoms with van der Waals surface area (Å²) in [6, 6.07) is 1.39. The predicted molar refractivity (Wildman–Crippen MR) is 72.8 cm³/mol. The molecule has 1 rings (SSSR count). The van der Waals surface area contributed by atoms with E-state index in [1.807, 2.05) is 13.8 Å². The Morgan fingerprint density at radius 1 is 1.53 bits per heavy atom. The molecule has 0 aromatic carbocycles. The lowest BCUT2D eigenvalue weighted by molar-refractivity contribution is -0.120. The molecule has 6 nitrogen and oxygen atoms in total. The maximum Gasteiger partial charge on any atom is 0.337 e. The van der Waals surface area contributed by atoms with Gasteiger partial charge in [0.25, 0.3) is 0 Å². The number of nitrogens with zero attached hydrogens (tertiary/aromatic N) is 2. The van der Waals surface area contributed by atoms with Gasteiger partial charge >= 0.3 is 5.97 Å². The molecule has 19 heavy (non-hydrogen) atoms. The first-order valence-corrected chi connectivity index (χ1v) is 6.08. The van der Waals surface area contributed by atoms with E-state index in [0.717, 1.165) is 0 Å². The Balaban J connectivity index is 2.83. The van der Waals surface area contributed by atoms with Gasteiger partial charge in [-0.1, -0.05) is 11.6 Å². The summed E-state index contributed by atoms with van der Waals surface area (Å²) < 4.78 is 0. The van der Waals surface area contributed by atoms with Crippen LogP contribution in [-0.4, -0.2) is 41.6 Å². The fraction of sp³-hybridized carbons (Fsp3) is 0.417. The molecule has 104 valence electrons. The predicted octanol–water partition coefficient (Wildman–Crippen LogP) is 1.39. The lowest BCUT2D eigenvalue weighted by atomic mass is 10.2. The Morgan fingerprint density at radius 2 is 2.16 bits per heavy atom. The molecule has 7 heteroatoms. The van der Waals surface area contributed by atoms with Crippen molar-refractivity contribution in [2.24, 2.45) is 0 Å². The molecule has 0 bridgehead atoms. The Morgan fingerprint density at radius 3 is 2.68 bits per heavy atom. The first-order chi connectivity index (χ1) is 8.81. The molecule has 1 amide bonds. The molecule has 0 aliphatic heterocycles. The Hall–Kier alpha value is -1.82. The fourth-order valence-electron chi connectivity index (χ4n) is 1.46. The summed E-state index contributed by atoms with van der Waals surface area (Å²) in [4.78, 5) is 28.1. The number of likely N-dealkylation sites (N-methyl/N-ethyl adjacent to an activating group) is 1.